The van der Waals surface area contributed by atoms with Crippen molar-refractivity contribution in [1.29, 1.82) is 0 Å². The molecule has 1 N–H and O–H groups in total. The minimum Gasteiger partial charge on any atom is -0.310 e. The van der Waals surface area contributed by atoms with Crippen LogP contribution in [0.1, 0.15) is 43.9 Å². The fourth-order valence-corrected chi connectivity index (χ4v) is 2.04. The zero-order valence-corrected chi connectivity index (χ0v) is 11.4. The SMILES string of the molecule is CCCNC(CC)c1ccc(C)c(Br)c1. The van der Waals surface area contributed by atoms with E-state index in [-0.39, 0.29) is 0 Å². The van der Waals surface area contributed by atoms with Crippen LogP contribution in [0.3, 0.4) is 0 Å². The van der Waals surface area contributed by atoms with Gasteiger partial charge in [-0.15, -0.1) is 0 Å². The van der Waals surface area contributed by atoms with Gasteiger partial charge in [-0.25, -0.2) is 0 Å². The molecule has 0 aliphatic carbocycles. The molecule has 15 heavy (non-hydrogen) atoms. The van der Waals surface area contributed by atoms with E-state index in [4.69, 9.17) is 0 Å². The van der Waals surface area contributed by atoms with E-state index < -0.39 is 0 Å². The lowest BCUT2D eigenvalue weighted by Gasteiger charge is -2.17. The van der Waals surface area contributed by atoms with Crippen LogP contribution in [0.5, 0.6) is 0 Å². The van der Waals surface area contributed by atoms with Gasteiger partial charge in [0, 0.05) is 10.5 Å². The molecule has 0 heterocycles. The van der Waals surface area contributed by atoms with Crippen LogP contribution in [0, 0.1) is 6.92 Å². The Morgan fingerprint density at radius 1 is 1.33 bits per heavy atom. The van der Waals surface area contributed by atoms with Gasteiger partial charge in [-0.05, 0) is 43.5 Å². The van der Waals surface area contributed by atoms with Gasteiger partial charge in [-0.1, -0.05) is 41.9 Å². The van der Waals surface area contributed by atoms with Crippen LogP contribution in [0.4, 0.5) is 0 Å². The number of benzene rings is 1. The topological polar surface area (TPSA) is 12.0 Å². The monoisotopic (exact) mass is 269 g/mol. The average Bonchev–Trinajstić information content (AvgIpc) is 2.24. The summed E-state index contributed by atoms with van der Waals surface area (Å²) in [5, 5.41) is 3.56. The second-order valence-corrected chi connectivity index (χ2v) is 4.78. The van der Waals surface area contributed by atoms with Gasteiger partial charge in [0.05, 0.1) is 0 Å². The maximum atomic E-state index is 3.58. The lowest BCUT2D eigenvalue weighted by Crippen LogP contribution is -2.21. The van der Waals surface area contributed by atoms with Crippen LogP contribution in [0.25, 0.3) is 0 Å². The van der Waals surface area contributed by atoms with Gasteiger partial charge in [-0.3, -0.25) is 0 Å². The fourth-order valence-electron chi connectivity index (χ4n) is 1.64. The smallest absolute Gasteiger partial charge is 0.0318 e. The molecule has 1 aromatic carbocycles. The van der Waals surface area contributed by atoms with Crippen LogP contribution in [-0.4, -0.2) is 6.54 Å². The van der Waals surface area contributed by atoms with Crippen molar-refractivity contribution in [2.45, 2.75) is 39.7 Å². The van der Waals surface area contributed by atoms with Crippen molar-refractivity contribution >= 4 is 15.9 Å². The van der Waals surface area contributed by atoms with E-state index in [9.17, 15) is 0 Å². The summed E-state index contributed by atoms with van der Waals surface area (Å²) in [6.45, 7) is 7.63. The number of nitrogens with one attached hydrogen (secondary N) is 1. The molecule has 1 unspecified atom stereocenters. The molecule has 0 aliphatic heterocycles. The molecule has 0 aromatic heterocycles. The third kappa shape index (κ3) is 3.62. The van der Waals surface area contributed by atoms with E-state index in [2.05, 4.69) is 60.2 Å². The van der Waals surface area contributed by atoms with E-state index in [0.29, 0.717) is 6.04 Å². The highest BCUT2D eigenvalue weighted by Crippen LogP contribution is 2.23. The number of halogens is 1. The zero-order chi connectivity index (χ0) is 11.3. The number of aryl methyl sites for hydroxylation is 1. The molecule has 2 heteroatoms. The van der Waals surface area contributed by atoms with Crippen LogP contribution < -0.4 is 5.32 Å². The maximum absolute atomic E-state index is 3.58. The lowest BCUT2D eigenvalue weighted by atomic mass is 10.0. The summed E-state index contributed by atoms with van der Waals surface area (Å²) < 4.78 is 1.21. The van der Waals surface area contributed by atoms with Gasteiger partial charge >= 0.3 is 0 Å². The summed E-state index contributed by atoms with van der Waals surface area (Å²) in [7, 11) is 0. The first-order chi connectivity index (χ1) is 7.19. The second-order valence-electron chi connectivity index (χ2n) is 3.92. The molecule has 1 rings (SSSR count). The molecular weight excluding hydrogens is 250 g/mol. The van der Waals surface area contributed by atoms with Crippen LogP contribution in [0.2, 0.25) is 0 Å². The first-order valence-corrected chi connectivity index (χ1v) is 6.47. The van der Waals surface area contributed by atoms with E-state index in [0.717, 1.165) is 13.0 Å². The summed E-state index contributed by atoms with van der Waals surface area (Å²) >= 11 is 3.58. The average molecular weight is 270 g/mol. The van der Waals surface area contributed by atoms with Crippen LogP contribution in [0.15, 0.2) is 22.7 Å². The van der Waals surface area contributed by atoms with Crippen molar-refractivity contribution in [3.05, 3.63) is 33.8 Å². The normalized spacial score (nSPS) is 12.8. The van der Waals surface area contributed by atoms with Gasteiger partial charge in [0.15, 0.2) is 0 Å². The van der Waals surface area contributed by atoms with Gasteiger partial charge in [0.1, 0.15) is 0 Å². The highest BCUT2D eigenvalue weighted by Gasteiger charge is 2.08. The molecule has 0 saturated heterocycles. The van der Waals surface area contributed by atoms with Gasteiger partial charge < -0.3 is 5.32 Å². The Kier molecular flexibility index (Phi) is 5.34. The standard InChI is InChI=1S/C13H20BrN/c1-4-8-15-13(5-2)11-7-6-10(3)12(14)9-11/h6-7,9,13,15H,4-5,8H2,1-3H3. The lowest BCUT2D eigenvalue weighted by molar-refractivity contribution is 0.518. The Labute approximate surface area is 101 Å². The highest BCUT2D eigenvalue weighted by molar-refractivity contribution is 9.10. The molecule has 1 atom stereocenters. The van der Waals surface area contributed by atoms with Crippen LogP contribution in [-0.2, 0) is 0 Å². The van der Waals surface area contributed by atoms with Gasteiger partial charge in [-0.2, -0.15) is 0 Å². The molecule has 0 fully saturated rings. The molecule has 1 aromatic rings. The number of hydrogen-bond acceptors (Lipinski definition) is 1. The second kappa shape index (κ2) is 6.29. The Hall–Kier alpha value is -0.340. The molecule has 1 nitrogen and oxygen atoms in total. The maximum Gasteiger partial charge on any atom is 0.0318 e. The fraction of sp³-hybridized carbons (Fsp3) is 0.538. The van der Waals surface area contributed by atoms with Crippen molar-refractivity contribution in [3.63, 3.8) is 0 Å². The predicted octanol–water partition coefficient (Wildman–Crippen LogP) is 4.21. The van der Waals surface area contributed by atoms with Crippen molar-refractivity contribution in [1.82, 2.24) is 5.32 Å². The number of hydrogen-bond donors (Lipinski definition) is 1. The minimum absolute atomic E-state index is 0.488. The largest absolute Gasteiger partial charge is 0.310 e. The first-order valence-electron chi connectivity index (χ1n) is 5.68. The molecule has 0 saturated carbocycles. The molecule has 0 radical (unpaired) electrons. The molecular formula is C13H20BrN. The molecule has 0 amide bonds. The van der Waals surface area contributed by atoms with Crippen LogP contribution >= 0.6 is 15.9 Å². The zero-order valence-electron chi connectivity index (χ0n) is 9.81. The third-order valence-electron chi connectivity index (χ3n) is 2.65. The van der Waals surface area contributed by atoms with E-state index >= 15 is 0 Å². The molecule has 0 spiro atoms. The Balaban J connectivity index is 2.78. The quantitative estimate of drug-likeness (QED) is 0.845. The van der Waals surface area contributed by atoms with Crippen molar-refractivity contribution in [2.75, 3.05) is 6.54 Å². The Morgan fingerprint density at radius 2 is 2.07 bits per heavy atom. The first kappa shape index (κ1) is 12.7. The van der Waals surface area contributed by atoms with Crippen molar-refractivity contribution in [2.24, 2.45) is 0 Å². The molecule has 0 bridgehead atoms. The van der Waals surface area contributed by atoms with Crippen molar-refractivity contribution in [3.8, 4) is 0 Å². The third-order valence-corrected chi connectivity index (χ3v) is 3.50. The summed E-state index contributed by atoms with van der Waals surface area (Å²) in [6.07, 6.45) is 2.32. The minimum atomic E-state index is 0.488. The summed E-state index contributed by atoms with van der Waals surface area (Å²) in [6, 6.07) is 7.11. The summed E-state index contributed by atoms with van der Waals surface area (Å²) in [4.78, 5) is 0. The highest BCUT2D eigenvalue weighted by atomic mass is 79.9. The van der Waals surface area contributed by atoms with Crippen molar-refractivity contribution < 1.29 is 0 Å². The van der Waals surface area contributed by atoms with E-state index in [1.807, 2.05) is 0 Å². The molecule has 84 valence electrons. The molecule has 0 aliphatic rings. The van der Waals surface area contributed by atoms with E-state index in [1.165, 1.54) is 22.0 Å². The Morgan fingerprint density at radius 3 is 2.60 bits per heavy atom. The van der Waals surface area contributed by atoms with Gasteiger partial charge in [0.2, 0.25) is 0 Å². The summed E-state index contributed by atoms with van der Waals surface area (Å²) in [5.41, 5.74) is 2.67. The summed E-state index contributed by atoms with van der Waals surface area (Å²) in [5.74, 6) is 0. The Bertz CT molecular complexity index is 309. The van der Waals surface area contributed by atoms with Gasteiger partial charge in [0.25, 0.3) is 0 Å². The predicted molar refractivity (Wildman–Crippen MR) is 70.2 cm³/mol. The van der Waals surface area contributed by atoms with E-state index in [1.54, 1.807) is 0 Å². The number of rotatable bonds is 5.